The largest absolute Gasteiger partial charge is 0.310 e. The van der Waals surface area contributed by atoms with Crippen LogP contribution >= 0.6 is 15.9 Å². The highest BCUT2D eigenvalue weighted by Crippen LogP contribution is 2.21. The summed E-state index contributed by atoms with van der Waals surface area (Å²) >= 11 is 3.49. The fraction of sp³-hybridized carbons (Fsp3) is 0.350. The minimum absolute atomic E-state index is 0.0211. The SMILES string of the molecule is Cc1cccc(NC(=O)C2CCCN(Cc3cn4cc(Br)ccc4n3)C2)n1. The standard InChI is InChI=1S/C20H22BrN5O/c1-14-4-2-6-18(22-14)24-20(27)15-5-3-9-25(10-15)12-17-13-26-11-16(21)7-8-19(26)23-17/h2,4,6-8,11,13,15H,3,5,9-10,12H2,1H3,(H,22,24,27). The van der Waals surface area contributed by atoms with Gasteiger partial charge in [0.15, 0.2) is 0 Å². The molecular formula is C20H22BrN5O. The maximum Gasteiger partial charge on any atom is 0.229 e. The van der Waals surface area contributed by atoms with E-state index in [-0.39, 0.29) is 11.8 Å². The van der Waals surface area contributed by atoms with Gasteiger partial charge in [-0.2, -0.15) is 0 Å². The molecule has 4 rings (SSSR count). The topological polar surface area (TPSA) is 62.5 Å². The van der Waals surface area contributed by atoms with Crippen LogP contribution in [0.5, 0.6) is 0 Å². The third kappa shape index (κ3) is 4.36. The molecule has 7 heteroatoms. The van der Waals surface area contributed by atoms with Crippen molar-refractivity contribution in [1.82, 2.24) is 19.3 Å². The van der Waals surface area contributed by atoms with Crippen molar-refractivity contribution in [1.29, 1.82) is 0 Å². The van der Waals surface area contributed by atoms with Crippen LogP contribution in [0.15, 0.2) is 47.2 Å². The lowest BCUT2D eigenvalue weighted by Crippen LogP contribution is -2.40. The summed E-state index contributed by atoms with van der Waals surface area (Å²) in [6, 6.07) is 9.65. The Kier molecular flexibility index (Phi) is 5.22. The molecule has 4 heterocycles. The van der Waals surface area contributed by atoms with Gasteiger partial charge in [-0.1, -0.05) is 6.07 Å². The molecule has 3 aromatic rings. The van der Waals surface area contributed by atoms with Gasteiger partial charge < -0.3 is 9.72 Å². The van der Waals surface area contributed by atoms with E-state index in [1.54, 1.807) is 0 Å². The number of fused-ring (bicyclic) bond motifs is 1. The molecule has 0 aliphatic carbocycles. The Balaban J connectivity index is 1.40. The number of pyridine rings is 2. The molecule has 0 aromatic carbocycles. The molecule has 3 aromatic heterocycles. The van der Waals surface area contributed by atoms with Gasteiger partial charge in [0.05, 0.1) is 11.6 Å². The molecule has 1 amide bonds. The second-order valence-electron chi connectivity index (χ2n) is 7.07. The molecule has 27 heavy (non-hydrogen) atoms. The third-order valence-corrected chi connectivity index (χ3v) is 5.34. The predicted octanol–water partition coefficient (Wildman–Crippen LogP) is 3.65. The summed E-state index contributed by atoms with van der Waals surface area (Å²) in [5.74, 6) is 0.659. The molecule has 6 nitrogen and oxygen atoms in total. The molecule has 140 valence electrons. The number of carbonyl (C=O) groups excluding carboxylic acids is 1. The van der Waals surface area contributed by atoms with Crippen molar-refractivity contribution in [3.8, 4) is 0 Å². The van der Waals surface area contributed by atoms with Gasteiger partial charge in [-0.25, -0.2) is 9.97 Å². The summed E-state index contributed by atoms with van der Waals surface area (Å²) in [5.41, 5.74) is 2.86. The molecule has 0 radical (unpaired) electrons. The molecule has 0 spiro atoms. The van der Waals surface area contributed by atoms with Crippen LogP contribution in [-0.4, -0.2) is 38.3 Å². The number of halogens is 1. The number of aromatic nitrogens is 3. The normalized spacial score (nSPS) is 17.9. The molecule has 1 saturated heterocycles. The Morgan fingerprint density at radius 1 is 1.26 bits per heavy atom. The van der Waals surface area contributed by atoms with Gasteiger partial charge in [-0.3, -0.25) is 9.69 Å². The molecule has 1 aliphatic rings. The minimum atomic E-state index is -0.0211. The Morgan fingerprint density at radius 2 is 2.15 bits per heavy atom. The molecule has 1 atom stereocenters. The van der Waals surface area contributed by atoms with Gasteiger partial charge in [-0.05, 0) is 66.5 Å². The zero-order chi connectivity index (χ0) is 18.8. The van der Waals surface area contributed by atoms with Crippen LogP contribution in [0, 0.1) is 12.8 Å². The van der Waals surface area contributed by atoms with Crippen LogP contribution in [-0.2, 0) is 11.3 Å². The highest BCUT2D eigenvalue weighted by molar-refractivity contribution is 9.10. The Morgan fingerprint density at radius 3 is 3.00 bits per heavy atom. The highest BCUT2D eigenvalue weighted by atomic mass is 79.9. The summed E-state index contributed by atoms with van der Waals surface area (Å²) in [5, 5.41) is 2.96. The predicted molar refractivity (Wildman–Crippen MR) is 108 cm³/mol. The van der Waals surface area contributed by atoms with Gasteiger partial charge in [0, 0.05) is 35.6 Å². The maximum atomic E-state index is 12.7. The summed E-state index contributed by atoms with van der Waals surface area (Å²) in [4.78, 5) is 24.0. The van der Waals surface area contributed by atoms with Crippen molar-refractivity contribution < 1.29 is 4.79 Å². The van der Waals surface area contributed by atoms with Crippen molar-refractivity contribution in [2.24, 2.45) is 5.92 Å². The quantitative estimate of drug-likeness (QED) is 0.689. The zero-order valence-corrected chi connectivity index (χ0v) is 16.8. The molecule has 0 bridgehead atoms. The van der Waals surface area contributed by atoms with Crippen LogP contribution < -0.4 is 5.32 Å². The van der Waals surface area contributed by atoms with E-state index in [1.165, 1.54) is 0 Å². The number of rotatable bonds is 4. The van der Waals surface area contributed by atoms with E-state index in [2.05, 4.69) is 42.3 Å². The average molecular weight is 428 g/mol. The van der Waals surface area contributed by atoms with Crippen LogP contribution in [0.3, 0.4) is 0 Å². The van der Waals surface area contributed by atoms with Crippen molar-refractivity contribution in [2.45, 2.75) is 26.3 Å². The Bertz CT molecular complexity index is 970. The lowest BCUT2D eigenvalue weighted by atomic mass is 9.97. The van der Waals surface area contributed by atoms with Gasteiger partial charge in [-0.15, -0.1) is 0 Å². The maximum absolute atomic E-state index is 12.7. The molecule has 0 saturated carbocycles. The first-order chi connectivity index (χ1) is 13.1. The summed E-state index contributed by atoms with van der Waals surface area (Å²) < 4.78 is 3.05. The number of imidazole rings is 1. The number of carbonyl (C=O) groups is 1. The second-order valence-corrected chi connectivity index (χ2v) is 7.99. The Labute approximate surface area is 166 Å². The second kappa shape index (κ2) is 7.78. The van der Waals surface area contributed by atoms with Crippen LogP contribution in [0.4, 0.5) is 5.82 Å². The van der Waals surface area contributed by atoms with E-state index in [0.717, 1.165) is 54.0 Å². The Hall–Kier alpha value is -2.25. The summed E-state index contributed by atoms with van der Waals surface area (Å²) in [7, 11) is 0. The van der Waals surface area contributed by atoms with E-state index >= 15 is 0 Å². The summed E-state index contributed by atoms with van der Waals surface area (Å²) in [6.07, 6.45) is 5.98. The lowest BCUT2D eigenvalue weighted by Gasteiger charge is -2.31. The van der Waals surface area contributed by atoms with Crippen molar-refractivity contribution in [3.63, 3.8) is 0 Å². The van der Waals surface area contributed by atoms with Crippen LogP contribution in [0.2, 0.25) is 0 Å². The number of aryl methyl sites for hydroxylation is 1. The smallest absolute Gasteiger partial charge is 0.229 e. The van der Waals surface area contributed by atoms with Crippen LogP contribution in [0.25, 0.3) is 5.65 Å². The van der Waals surface area contributed by atoms with Crippen molar-refractivity contribution >= 4 is 33.3 Å². The third-order valence-electron chi connectivity index (χ3n) is 4.87. The van der Waals surface area contributed by atoms with Gasteiger partial charge >= 0.3 is 0 Å². The monoisotopic (exact) mass is 427 g/mol. The van der Waals surface area contributed by atoms with E-state index in [4.69, 9.17) is 0 Å². The highest BCUT2D eigenvalue weighted by Gasteiger charge is 2.26. The van der Waals surface area contributed by atoms with Crippen molar-refractivity contribution in [3.05, 3.63) is 58.6 Å². The average Bonchev–Trinajstić information content (AvgIpc) is 3.03. The number of hydrogen-bond donors (Lipinski definition) is 1. The van der Waals surface area contributed by atoms with E-state index in [9.17, 15) is 4.79 Å². The number of piperidine rings is 1. The number of nitrogens with zero attached hydrogens (tertiary/aromatic N) is 4. The lowest BCUT2D eigenvalue weighted by molar-refractivity contribution is -0.121. The van der Waals surface area contributed by atoms with Crippen molar-refractivity contribution in [2.75, 3.05) is 18.4 Å². The fourth-order valence-corrected chi connectivity index (χ4v) is 3.93. The van der Waals surface area contributed by atoms with Crippen LogP contribution in [0.1, 0.15) is 24.2 Å². The number of amides is 1. The van der Waals surface area contributed by atoms with Gasteiger partial charge in [0.2, 0.25) is 5.91 Å². The number of likely N-dealkylation sites (tertiary alicyclic amines) is 1. The first-order valence-electron chi connectivity index (χ1n) is 9.17. The molecular weight excluding hydrogens is 406 g/mol. The first-order valence-corrected chi connectivity index (χ1v) is 9.96. The van der Waals surface area contributed by atoms with Gasteiger partial charge in [0.25, 0.3) is 0 Å². The number of hydrogen-bond acceptors (Lipinski definition) is 4. The van der Waals surface area contributed by atoms with E-state index in [1.807, 2.05) is 47.9 Å². The van der Waals surface area contributed by atoms with E-state index < -0.39 is 0 Å². The molecule has 1 aliphatic heterocycles. The first kappa shape index (κ1) is 18.1. The van der Waals surface area contributed by atoms with E-state index in [0.29, 0.717) is 5.82 Å². The number of nitrogens with one attached hydrogen (secondary N) is 1. The minimum Gasteiger partial charge on any atom is -0.310 e. The zero-order valence-electron chi connectivity index (χ0n) is 15.2. The molecule has 1 fully saturated rings. The molecule has 1 unspecified atom stereocenters. The number of anilines is 1. The molecule has 1 N–H and O–H groups in total. The van der Waals surface area contributed by atoms with Gasteiger partial charge in [0.1, 0.15) is 11.5 Å². The fourth-order valence-electron chi connectivity index (χ4n) is 3.58. The summed E-state index contributed by atoms with van der Waals surface area (Å²) in [6.45, 7) is 4.41.